The number of benzene rings is 2. The van der Waals surface area contributed by atoms with Gasteiger partial charge in [0.1, 0.15) is 11.5 Å². The van der Waals surface area contributed by atoms with Crippen LogP contribution in [-0.2, 0) is 16.0 Å². The van der Waals surface area contributed by atoms with Crippen LogP contribution in [0.1, 0.15) is 12.0 Å². The van der Waals surface area contributed by atoms with Gasteiger partial charge in [-0.3, -0.25) is 9.59 Å². The molecule has 2 aromatic rings. The minimum atomic E-state index is -0.384. The number of nitrogens with two attached hydrogens (primary N) is 1. The average molecular weight is 420 g/mol. The van der Waals surface area contributed by atoms with E-state index in [0.29, 0.717) is 42.4 Å². The number of carbonyl (C=O) groups is 2. The zero-order valence-corrected chi connectivity index (χ0v) is 17.3. The molecular weight excluding hydrogens is 394 g/mol. The first-order valence-electron chi connectivity index (χ1n) is 9.16. The molecule has 0 bridgehead atoms. The molecule has 156 valence electrons. The van der Waals surface area contributed by atoms with Crippen LogP contribution in [0, 0.1) is 5.92 Å². The van der Waals surface area contributed by atoms with Crippen molar-refractivity contribution in [3.63, 3.8) is 0 Å². The molecule has 1 saturated heterocycles. The van der Waals surface area contributed by atoms with Crippen molar-refractivity contribution in [3.8, 4) is 11.5 Å². The number of nitrogens with one attached hydrogen (secondary N) is 1. The van der Waals surface area contributed by atoms with Crippen LogP contribution >= 0.6 is 12.4 Å². The van der Waals surface area contributed by atoms with Crippen molar-refractivity contribution in [2.24, 2.45) is 5.92 Å². The maximum absolute atomic E-state index is 12.5. The van der Waals surface area contributed by atoms with Gasteiger partial charge in [0.25, 0.3) is 0 Å². The van der Waals surface area contributed by atoms with Gasteiger partial charge in [0, 0.05) is 31.3 Å². The Hall–Kier alpha value is -2.93. The number of carbonyl (C=O) groups excluding carboxylic acids is 2. The number of ether oxygens (including phenoxy) is 2. The van der Waals surface area contributed by atoms with Crippen molar-refractivity contribution in [1.82, 2.24) is 5.32 Å². The minimum Gasteiger partial charge on any atom is -0.497 e. The van der Waals surface area contributed by atoms with Crippen LogP contribution in [-0.4, -0.2) is 39.1 Å². The first kappa shape index (κ1) is 22.4. The maximum Gasteiger partial charge on any atom is 0.227 e. The number of methoxy groups -OCH3 is 2. The van der Waals surface area contributed by atoms with E-state index in [1.807, 2.05) is 24.3 Å². The Morgan fingerprint density at radius 3 is 2.55 bits per heavy atom. The van der Waals surface area contributed by atoms with Crippen molar-refractivity contribution < 1.29 is 19.1 Å². The van der Waals surface area contributed by atoms with Crippen LogP contribution in [0.4, 0.5) is 11.4 Å². The third-order valence-electron chi connectivity index (χ3n) is 4.87. The van der Waals surface area contributed by atoms with E-state index in [4.69, 9.17) is 15.2 Å². The van der Waals surface area contributed by atoms with Gasteiger partial charge in [-0.1, -0.05) is 12.1 Å². The molecule has 2 amide bonds. The van der Waals surface area contributed by atoms with E-state index in [9.17, 15) is 9.59 Å². The Balaban J connectivity index is 0.00000300. The summed E-state index contributed by atoms with van der Waals surface area (Å²) in [5, 5.41) is 2.93. The Labute approximate surface area is 176 Å². The summed E-state index contributed by atoms with van der Waals surface area (Å²) in [5.41, 5.74) is 8.13. The van der Waals surface area contributed by atoms with Crippen molar-refractivity contribution >= 4 is 35.6 Å². The molecule has 1 fully saturated rings. The van der Waals surface area contributed by atoms with Crippen LogP contribution in [0.5, 0.6) is 11.5 Å². The lowest BCUT2D eigenvalue weighted by Gasteiger charge is -2.20. The topological polar surface area (TPSA) is 93.9 Å². The Bertz CT molecular complexity index is 858. The molecule has 8 heteroatoms. The summed E-state index contributed by atoms with van der Waals surface area (Å²) in [6, 6.07) is 12.8. The van der Waals surface area contributed by atoms with Crippen molar-refractivity contribution in [3.05, 3.63) is 48.0 Å². The highest BCUT2D eigenvalue weighted by atomic mass is 35.5. The van der Waals surface area contributed by atoms with Gasteiger partial charge in [-0.15, -0.1) is 12.4 Å². The first-order chi connectivity index (χ1) is 13.5. The molecule has 0 aromatic heterocycles. The molecule has 29 heavy (non-hydrogen) atoms. The van der Waals surface area contributed by atoms with E-state index in [1.54, 1.807) is 37.3 Å². The molecule has 1 unspecified atom stereocenters. The highest BCUT2D eigenvalue weighted by Crippen LogP contribution is 2.35. The van der Waals surface area contributed by atoms with Gasteiger partial charge in [-0.2, -0.15) is 0 Å². The van der Waals surface area contributed by atoms with Crippen LogP contribution in [0.3, 0.4) is 0 Å². The van der Waals surface area contributed by atoms with E-state index in [0.717, 1.165) is 5.56 Å². The van der Waals surface area contributed by atoms with Gasteiger partial charge in [0.05, 0.1) is 25.8 Å². The third-order valence-corrected chi connectivity index (χ3v) is 4.87. The Morgan fingerprint density at radius 1 is 1.17 bits per heavy atom. The summed E-state index contributed by atoms with van der Waals surface area (Å²) < 4.78 is 10.6. The third kappa shape index (κ3) is 5.32. The van der Waals surface area contributed by atoms with Crippen molar-refractivity contribution in [2.45, 2.75) is 12.8 Å². The zero-order chi connectivity index (χ0) is 20.1. The van der Waals surface area contributed by atoms with Crippen molar-refractivity contribution in [1.29, 1.82) is 0 Å². The number of rotatable bonds is 7. The summed E-state index contributed by atoms with van der Waals surface area (Å²) >= 11 is 0. The number of hydrogen-bond donors (Lipinski definition) is 2. The fourth-order valence-electron chi connectivity index (χ4n) is 3.28. The van der Waals surface area contributed by atoms with E-state index < -0.39 is 0 Å². The van der Waals surface area contributed by atoms with Gasteiger partial charge < -0.3 is 25.4 Å². The normalized spacial score (nSPS) is 15.6. The molecule has 2 aromatic carbocycles. The predicted octanol–water partition coefficient (Wildman–Crippen LogP) is 2.42. The molecule has 0 aliphatic carbocycles. The summed E-state index contributed by atoms with van der Waals surface area (Å²) in [7, 11) is 3.11. The predicted molar refractivity (Wildman–Crippen MR) is 115 cm³/mol. The molecule has 1 heterocycles. The molecule has 1 aliphatic heterocycles. The number of amides is 2. The molecule has 0 radical (unpaired) electrons. The van der Waals surface area contributed by atoms with E-state index in [-0.39, 0.29) is 36.6 Å². The van der Waals surface area contributed by atoms with E-state index in [2.05, 4.69) is 5.32 Å². The van der Waals surface area contributed by atoms with Gasteiger partial charge in [-0.05, 0) is 36.2 Å². The Morgan fingerprint density at radius 2 is 1.90 bits per heavy atom. The monoisotopic (exact) mass is 419 g/mol. The number of nitrogen functional groups attached to an aromatic ring is 1. The molecule has 3 rings (SSSR count). The summed E-state index contributed by atoms with van der Waals surface area (Å²) in [4.78, 5) is 26.6. The number of hydrogen-bond acceptors (Lipinski definition) is 5. The molecular formula is C21H26ClN3O4. The fraction of sp³-hybridized carbons (Fsp3) is 0.333. The lowest BCUT2D eigenvalue weighted by molar-refractivity contribution is -0.126. The lowest BCUT2D eigenvalue weighted by Crippen LogP contribution is -2.34. The van der Waals surface area contributed by atoms with Gasteiger partial charge in [-0.25, -0.2) is 0 Å². The van der Waals surface area contributed by atoms with Crippen LogP contribution in [0.2, 0.25) is 0 Å². The van der Waals surface area contributed by atoms with Crippen LogP contribution in [0.25, 0.3) is 0 Å². The second kappa shape index (κ2) is 10.0. The highest BCUT2D eigenvalue weighted by Gasteiger charge is 2.36. The molecule has 0 spiro atoms. The molecule has 1 atom stereocenters. The SMILES string of the molecule is COc1ccc(N2CC(C(=O)NCCc3ccc(N)cc3)CC2=O)c(OC)c1.Cl. The molecule has 1 aliphatic rings. The lowest BCUT2D eigenvalue weighted by atomic mass is 10.1. The molecule has 7 nitrogen and oxygen atoms in total. The number of halogens is 1. The average Bonchev–Trinajstić information content (AvgIpc) is 3.10. The quantitative estimate of drug-likeness (QED) is 0.672. The second-order valence-corrected chi connectivity index (χ2v) is 6.73. The minimum absolute atomic E-state index is 0. The van der Waals surface area contributed by atoms with Crippen LogP contribution < -0.4 is 25.4 Å². The van der Waals surface area contributed by atoms with E-state index >= 15 is 0 Å². The fourth-order valence-corrected chi connectivity index (χ4v) is 3.28. The van der Waals surface area contributed by atoms with Crippen LogP contribution in [0.15, 0.2) is 42.5 Å². The largest absolute Gasteiger partial charge is 0.497 e. The summed E-state index contributed by atoms with van der Waals surface area (Å²) in [5.74, 6) is 0.591. The van der Waals surface area contributed by atoms with Gasteiger partial charge in [0.2, 0.25) is 11.8 Å². The summed E-state index contributed by atoms with van der Waals surface area (Å²) in [6.45, 7) is 0.842. The molecule has 3 N–H and O–H groups in total. The maximum atomic E-state index is 12.5. The summed E-state index contributed by atoms with van der Waals surface area (Å²) in [6.07, 6.45) is 0.894. The van der Waals surface area contributed by atoms with Gasteiger partial charge >= 0.3 is 0 Å². The van der Waals surface area contributed by atoms with E-state index in [1.165, 1.54) is 0 Å². The molecule has 0 saturated carbocycles. The Kier molecular flexibility index (Phi) is 7.73. The zero-order valence-electron chi connectivity index (χ0n) is 16.5. The standard InChI is InChI=1S/C21H25N3O4.ClH/c1-27-17-7-8-18(19(12-17)28-2)24-13-15(11-20(24)25)21(26)23-10-9-14-3-5-16(22)6-4-14;/h3-8,12,15H,9-11,13,22H2,1-2H3,(H,23,26);1H. The van der Waals surface area contributed by atoms with Gasteiger partial charge in [0.15, 0.2) is 0 Å². The van der Waals surface area contributed by atoms with Crippen molar-refractivity contribution in [2.75, 3.05) is 37.9 Å². The highest BCUT2D eigenvalue weighted by molar-refractivity contribution is 6.01. The first-order valence-corrected chi connectivity index (χ1v) is 9.16. The second-order valence-electron chi connectivity index (χ2n) is 6.73. The number of anilines is 2. The number of nitrogens with zero attached hydrogens (tertiary/aromatic N) is 1. The smallest absolute Gasteiger partial charge is 0.227 e.